The second-order valence-corrected chi connectivity index (χ2v) is 4.41. The minimum atomic E-state index is -0.475. The van der Waals surface area contributed by atoms with Gasteiger partial charge in [0.15, 0.2) is 11.5 Å². The first kappa shape index (κ1) is 12.9. The molecule has 3 rings (SSSR count). The van der Waals surface area contributed by atoms with Gasteiger partial charge in [0.25, 0.3) is 11.6 Å². The largest absolute Gasteiger partial charge is 0.449 e. The number of nitro groups is 1. The van der Waals surface area contributed by atoms with Crippen molar-refractivity contribution in [3.8, 4) is 5.75 Å². The average Bonchev–Trinajstić information content (AvgIpc) is 2.48. The summed E-state index contributed by atoms with van der Waals surface area (Å²) in [6.07, 6.45) is 1.54. The van der Waals surface area contributed by atoms with E-state index in [0.717, 1.165) is 0 Å². The van der Waals surface area contributed by atoms with Gasteiger partial charge in [0, 0.05) is 12.1 Å². The molecule has 1 aliphatic heterocycles. The van der Waals surface area contributed by atoms with Gasteiger partial charge in [-0.1, -0.05) is 12.1 Å². The summed E-state index contributed by atoms with van der Waals surface area (Å²) in [6, 6.07) is 13.0. The van der Waals surface area contributed by atoms with Crippen LogP contribution >= 0.6 is 0 Å². The number of ether oxygens (including phenoxy) is 1. The van der Waals surface area contributed by atoms with Crippen LogP contribution in [0.5, 0.6) is 5.75 Å². The van der Waals surface area contributed by atoms with Crippen LogP contribution in [0.2, 0.25) is 0 Å². The van der Waals surface area contributed by atoms with Gasteiger partial charge in [-0.25, -0.2) is 0 Å². The SMILES string of the molecule is O=C1Nc2ccccc2O/C1=C\c1ccc([N+](=O)[O-])cc1. The molecule has 0 fully saturated rings. The maximum absolute atomic E-state index is 11.9. The summed E-state index contributed by atoms with van der Waals surface area (Å²) >= 11 is 0. The zero-order chi connectivity index (χ0) is 14.8. The van der Waals surface area contributed by atoms with E-state index in [9.17, 15) is 14.9 Å². The maximum Gasteiger partial charge on any atom is 0.291 e. The van der Waals surface area contributed by atoms with E-state index < -0.39 is 4.92 Å². The van der Waals surface area contributed by atoms with Gasteiger partial charge in [0.05, 0.1) is 10.6 Å². The van der Waals surface area contributed by atoms with E-state index in [4.69, 9.17) is 4.74 Å². The number of rotatable bonds is 2. The van der Waals surface area contributed by atoms with Crippen molar-refractivity contribution in [1.82, 2.24) is 0 Å². The Kier molecular flexibility index (Phi) is 3.12. The second-order valence-electron chi connectivity index (χ2n) is 4.41. The summed E-state index contributed by atoms with van der Waals surface area (Å²) < 4.78 is 5.54. The number of hydrogen-bond acceptors (Lipinski definition) is 4. The number of carbonyl (C=O) groups is 1. The number of benzene rings is 2. The Bertz CT molecular complexity index is 751. The molecule has 0 aromatic heterocycles. The highest BCUT2D eigenvalue weighted by Gasteiger charge is 2.21. The molecule has 104 valence electrons. The van der Waals surface area contributed by atoms with Crippen LogP contribution in [0.1, 0.15) is 5.56 Å². The topological polar surface area (TPSA) is 81.5 Å². The van der Waals surface area contributed by atoms with Crippen molar-refractivity contribution >= 4 is 23.4 Å². The number of hydrogen-bond donors (Lipinski definition) is 1. The molecule has 2 aromatic carbocycles. The monoisotopic (exact) mass is 282 g/mol. The standard InChI is InChI=1S/C15H10N2O4/c18-15-14(21-13-4-2-1-3-12(13)16-15)9-10-5-7-11(8-6-10)17(19)20/h1-9H,(H,16,18)/b14-9-. The first-order valence-electron chi connectivity index (χ1n) is 6.18. The average molecular weight is 282 g/mol. The normalized spacial score (nSPS) is 15.0. The highest BCUT2D eigenvalue weighted by Crippen LogP contribution is 2.30. The van der Waals surface area contributed by atoms with Crippen LogP contribution in [0.25, 0.3) is 6.08 Å². The van der Waals surface area contributed by atoms with E-state index in [1.807, 2.05) is 0 Å². The van der Waals surface area contributed by atoms with E-state index in [0.29, 0.717) is 17.0 Å². The fourth-order valence-electron chi connectivity index (χ4n) is 1.95. The number of non-ortho nitro benzene ring substituents is 1. The van der Waals surface area contributed by atoms with Crippen molar-refractivity contribution in [2.45, 2.75) is 0 Å². The number of fused-ring (bicyclic) bond motifs is 1. The summed E-state index contributed by atoms with van der Waals surface area (Å²) in [4.78, 5) is 22.0. The lowest BCUT2D eigenvalue weighted by molar-refractivity contribution is -0.384. The van der Waals surface area contributed by atoms with Crippen LogP contribution < -0.4 is 10.1 Å². The summed E-state index contributed by atoms with van der Waals surface area (Å²) in [6.45, 7) is 0. The number of carbonyl (C=O) groups excluding carboxylic acids is 1. The molecule has 0 radical (unpaired) electrons. The minimum absolute atomic E-state index is 0.00323. The molecule has 0 spiro atoms. The van der Waals surface area contributed by atoms with Gasteiger partial charge < -0.3 is 10.1 Å². The number of nitrogens with zero attached hydrogens (tertiary/aromatic N) is 1. The van der Waals surface area contributed by atoms with Gasteiger partial charge in [-0.05, 0) is 35.9 Å². The number of anilines is 1. The molecule has 1 aliphatic rings. The van der Waals surface area contributed by atoms with E-state index in [2.05, 4.69) is 5.32 Å². The van der Waals surface area contributed by atoms with E-state index >= 15 is 0 Å². The Morgan fingerprint density at radius 3 is 2.52 bits per heavy atom. The van der Waals surface area contributed by atoms with Crippen molar-refractivity contribution in [1.29, 1.82) is 0 Å². The predicted molar refractivity (Wildman–Crippen MR) is 76.8 cm³/mol. The van der Waals surface area contributed by atoms with Gasteiger partial charge in [0.2, 0.25) is 0 Å². The quantitative estimate of drug-likeness (QED) is 0.521. The first-order valence-corrected chi connectivity index (χ1v) is 6.18. The Hall–Kier alpha value is -3.15. The second kappa shape index (κ2) is 5.09. The number of nitro benzene ring substituents is 1. The molecule has 0 saturated carbocycles. The van der Waals surface area contributed by atoms with Crippen molar-refractivity contribution in [3.05, 3.63) is 70.0 Å². The van der Waals surface area contributed by atoms with Crippen LogP contribution in [0.3, 0.4) is 0 Å². The Balaban J connectivity index is 1.90. The third kappa shape index (κ3) is 2.59. The van der Waals surface area contributed by atoms with E-state index in [1.54, 1.807) is 36.4 Å². The van der Waals surface area contributed by atoms with Gasteiger partial charge in [0.1, 0.15) is 0 Å². The molecule has 2 aromatic rings. The molecule has 1 N–H and O–H groups in total. The van der Waals surface area contributed by atoms with Crippen LogP contribution in [0.15, 0.2) is 54.3 Å². The smallest absolute Gasteiger partial charge is 0.291 e. The Labute approximate surface area is 119 Å². The van der Waals surface area contributed by atoms with Crippen LogP contribution in [0, 0.1) is 10.1 Å². The van der Waals surface area contributed by atoms with Crippen LogP contribution in [-0.2, 0) is 4.79 Å². The molecule has 6 heteroatoms. The van der Waals surface area contributed by atoms with E-state index in [1.165, 1.54) is 18.2 Å². The molecule has 0 atom stereocenters. The fraction of sp³-hybridized carbons (Fsp3) is 0. The highest BCUT2D eigenvalue weighted by molar-refractivity contribution is 6.08. The summed E-state index contributed by atoms with van der Waals surface area (Å²) in [5.41, 5.74) is 1.25. The fourth-order valence-corrected chi connectivity index (χ4v) is 1.95. The third-order valence-corrected chi connectivity index (χ3v) is 2.98. The summed E-state index contributed by atoms with van der Waals surface area (Å²) in [5.74, 6) is 0.347. The molecule has 1 heterocycles. The summed E-state index contributed by atoms with van der Waals surface area (Å²) in [5, 5.41) is 13.3. The molecule has 1 amide bonds. The molecular weight excluding hydrogens is 272 g/mol. The van der Waals surface area contributed by atoms with Crippen LogP contribution in [0.4, 0.5) is 11.4 Å². The van der Waals surface area contributed by atoms with Gasteiger partial charge >= 0.3 is 0 Å². The Morgan fingerprint density at radius 2 is 1.81 bits per heavy atom. The van der Waals surface area contributed by atoms with Gasteiger partial charge in [-0.15, -0.1) is 0 Å². The van der Waals surface area contributed by atoms with Gasteiger partial charge in [-0.3, -0.25) is 14.9 Å². The zero-order valence-corrected chi connectivity index (χ0v) is 10.8. The van der Waals surface area contributed by atoms with Crippen LogP contribution in [-0.4, -0.2) is 10.8 Å². The molecule has 0 bridgehead atoms. The zero-order valence-electron chi connectivity index (χ0n) is 10.8. The van der Waals surface area contributed by atoms with Crippen molar-refractivity contribution in [2.24, 2.45) is 0 Å². The lowest BCUT2D eigenvalue weighted by Crippen LogP contribution is -2.23. The number of amides is 1. The minimum Gasteiger partial charge on any atom is -0.449 e. The lowest BCUT2D eigenvalue weighted by Gasteiger charge is -2.19. The first-order chi connectivity index (χ1) is 10.1. The molecular formula is C15H10N2O4. The maximum atomic E-state index is 11.9. The van der Waals surface area contributed by atoms with Crippen molar-refractivity contribution in [3.63, 3.8) is 0 Å². The third-order valence-electron chi connectivity index (χ3n) is 2.98. The molecule has 0 saturated heterocycles. The highest BCUT2D eigenvalue weighted by atomic mass is 16.6. The van der Waals surface area contributed by atoms with Crippen molar-refractivity contribution in [2.75, 3.05) is 5.32 Å². The Morgan fingerprint density at radius 1 is 1.10 bits per heavy atom. The summed E-state index contributed by atoms with van der Waals surface area (Å²) in [7, 11) is 0. The molecule has 6 nitrogen and oxygen atoms in total. The van der Waals surface area contributed by atoms with E-state index in [-0.39, 0.29) is 17.4 Å². The van der Waals surface area contributed by atoms with Crippen molar-refractivity contribution < 1.29 is 14.5 Å². The number of para-hydroxylation sites is 2. The molecule has 0 aliphatic carbocycles. The number of nitrogens with one attached hydrogen (secondary N) is 1. The van der Waals surface area contributed by atoms with Gasteiger partial charge in [-0.2, -0.15) is 0 Å². The predicted octanol–water partition coefficient (Wildman–Crippen LogP) is 2.97. The lowest BCUT2D eigenvalue weighted by atomic mass is 10.1. The molecule has 0 unspecified atom stereocenters. The molecule has 21 heavy (non-hydrogen) atoms.